The van der Waals surface area contributed by atoms with Gasteiger partial charge in [-0.3, -0.25) is 0 Å². The number of carbonyl (C=O) groups is 1. The highest BCUT2D eigenvalue weighted by Gasteiger charge is 2.12. The van der Waals surface area contributed by atoms with Gasteiger partial charge in [0.15, 0.2) is 0 Å². The van der Waals surface area contributed by atoms with E-state index in [-0.39, 0.29) is 0 Å². The summed E-state index contributed by atoms with van der Waals surface area (Å²) in [6, 6.07) is 22.6. The maximum atomic E-state index is 12.3. The van der Waals surface area contributed by atoms with E-state index < -0.39 is 11.6 Å². The molecule has 1 aromatic heterocycles. The third kappa shape index (κ3) is 3.50. The molecule has 0 atom stereocenters. The number of hydrogen-bond acceptors (Lipinski definition) is 5. The van der Waals surface area contributed by atoms with E-state index in [0.717, 1.165) is 16.5 Å². The number of fused-ring (bicyclic) bond motifs is 1. The van der Waals surface area contributed by atoms with Crippen LogP contribution < -0.4 is 15.1 Å². The molecular formula is C23H16O5. The average molecular weight is 372 g/mol. The summed E-state index contributed by atoms with van der Waals surface area (Å²) in [5.74, 6) is 0.433. The second-order valence-electron chi connectivity index (χ2n) is 6.12. The Bertz CT molecular complexity index is 1190. The molecule has 0 spiro atoms. The fourth-order valence-corrected chi connectivity index (χ4v) is 2.96. The Morgan fingerprint density at radius 1 is 0.857 bits per heavy atom. The summed E-state index contributed by atoms with van der Waals surface area (Å²) in [6.45, 7) is 0. The van der Waals surface area contributed by atoms with Gasteiger partial charge < -0.3 is 13.9 Å². The Morgan fingerprint density at radius 2 is 1.57 bits per heavy atom. The smallest absolute Gasteiger partial charge is 0.343 e. The van der Waals surface area contributed by atoms with Gasteiger partial charge in [0.2, 0.25) is 0 Å². The van der Waals surface area contributed by atoms with Gasteiger partial charge >= 0.3 is 11.6 Å². The lowest BCUT2D eigenvalue weighted by atomic mass is 10.0. The molecular weight excluding hydrogens is 356 g/mol. The van der Waals surface area contributed by atoms with Gasteiger partial charge in [0.05, 0.1) is 12.7 Å². The summed E-state index contributed by atoms with van der Waals surface area (Å²) >= 11 is 0. The van der Waals surface area contributed by atoms with E-state index in [0.29, 0.717) is 22.6 Å². The number of rotatable bonds is 4. The fraction of sp³-hybridized carbons (Fsp3) is 0.0435. The minimum absolute atomic E-state index is 0.293. The molecule has 4 rings (SSSR count). The normalized spacial score (nSPS) is 10.6. The quantitative estimate of drug-likeness (QED) is 0.295. The zero-order valence-corrected chi connectivity index (χ0v) is 15.0. The van der Waals surface area contributed by atoms with Gasteiger partial charge in [0.25, 0.3) is 0 Å². The van der Waals surface area contributed by atoms with Crippen molar-refractivity contribution in [2.45, 2.75) is 0 Å². The summed E-state index contributed by atoms with van der Waals surface area (Å²) in [4.78, 5) is 24.4. The van der Waals surface area contributed by atoms with Crippen molar-refractivity contribution in [2.24, 2.45) is 0 Å². The summed E-state index contributed by atoms with van der Waals surface area (Å²) < 4.78 is 15.8. The van der Waals surface area contributed by atoms with E-state index >= 15 is 0 Å². The SMILES string of the molecule is COc1ccc(C(=O)Oc2ccc3c(-c4ccccc4)cc(=O)oc3c2)cc1. The van der Waals surface area contributed by atoms with E-state index in [1.807, 2.05) is 30.3 Å². The number of methoxy groups -OCH3 is 1. The number of benzene rings is 3. The Hall–Kier alpha value is -3.86. The van der Waals surface area contributed by atoms with Crippen molar-refractivity contribution in [1.29, 1.82) is 0 Å². The van der Waals surface area contributed by atoms with Crippen LogP contribution in [0, 0.1) is 0 Å². The first kappa shape index (κ1) is 17.5. The molecule has 0 fully saturated rings. The molecule has 3 aromatic carbocycles. The third-order valence-electron chi connectivity index (χ3n) is 4.34. The van der Waals surface area contributed by atoms with E-state index in [1.165, 1.54) is 6.07 Å². The lowest BCUT2D eigenvalue weighted by Crippen LogP contribution is -2.08. The molecule has 28 heavy (non-hydrogen) atoms. The standard InChI is InChI=1S/C23H16O5/c1-26-17-9-7-16(8-10-17)23(25)27-18-11-12-19-20(15-5-3-2-4-6-15)14-22(24)28-21(19)13-18/h2-14H,1H3. The zero-order valence-electron chi connectivity index (χ0n) is 15.0. The van der Waals surface area contributed by atoms with Crippen molar-refractivity contribution < 1.29 is 18.7 Å². The lowest BCUT2D eigenvalue weighted by molar-refractivity contribution is 0.0735. The average Bonchev–Trinajstić information content (AvgIpc) is 2.73. The molecule has 5 heteroatoms. The first-order valence-electron chi connectivity index (χ1n) is 8.63. The van der Waals surface area contributed by atoms with Crippen molar-refractivity contribution in [2.75, 3.05) is 7.11 Å². The van der Waals surface area contributed by atoms with Gasteiger partial charge in [-0.05, 0) is 47.5 Å². The van der Waals surface area contributed by atoms with Gasteiger partial charge in [-0.25, -0.2) is 9.59 Å². The van der Waals surface area contributed by atoms with Gasteiger partial charge in [0, 0.05) is 17.5 Å². The lowest BCUT2D eigenvalue weighted by Gasteiger charge is -2.08. The molecule has 0 aliphatic carbocycles. The number of esters is 1. The molecule has 1 heterocycles. The predicted molar refractivity (Wildman–Crippen MR) is 106 cm³/mol. The molecule has 0 amide bonds. The third-order valence-corrected chi connectivity index (χ3v) is 4.34. The number of carbonyl (C=O) groups excluding carboxylic acids is 1. The molecule has 0 bridgehead atoms. The van der Waals surface area contributed by atoms with Gasteiger partial charge in [0.1, 0.15) is 17.1 Å². The molecule has 0 saturated carbocycles. The summed E-state index contributed by atoms with van der Waals surface area (Å²) in [5, 5.41) is 0.759. The number of ether oxygens (including phenoxy) is 2. The highest BCUT2D eigenvalue weighted by Crippen LogP contribution is 2.29. The van der Waals surface area contributed by atoms with Crippen molar-refractivity contribution in [3.63, 3.8) is 0 Å². The first-order chi connectivity index (χ1) is 13.6. The molecule has 5 nitrogen and oxygen atoms in total. The maximum Gasteiger partial charge on any atom is 0.343 e. The van der Waals surface area contributed by atoms with Crippen molar-refractivity contribution in [1.82, 2.24) is 0 Å². The second-order valence-corrected chi connectivity index (χ2v) is 6.12. The van der Waals surface area contributed by atoms with Crippen LogP contribution in [0.25, 0.3) is 22.1 Å². The Balaban J connectivity index is 1.68. The van der Waals surface area contributed by atoms with E-state index in [2.05, 4.69) is 0 Å². The highest BCUT2D eigenvalue weighted by atomic mass is 16.5. The molecule has 4 aromatic rings. The second kappa shape index (κ2) is 7.40. The van der Waals surface area contributed by atoms with Crippen LogP contribution in [0.1, 0.15) is 10.4 Å². The van der Waals surface area contributed by atoms with Crippen molar-refractivity contribution in [3.05, 3.63) is 94.8 Å². The van der Waals surface area contributed by atoms with Crippen LogP contribution in [0.15, 0.2) is 88.1 Å². The minimum atomic E-state index is -0.511. The van der Waals surface area contributed by atoms with Crippen LogP contribution in [0.4, 0.5) is 0 Å². The zero-order chi connectivity index (χ0) is 19.5. The van der Waals surface area contributed by atoms with E-state index in [9.17, 15) is 9.59 Å². The van der Waals surface area contributed by atoms with Crippen LogP contribution in [-0.2, 0) is 0 Å². The Kier molecular flexibility index (Phi) is 4.64. The molecule has 0 radical (unpaired) electrons. The van der Waals surface area contributed by atoms with Gasteiger partial charge in [-0.2, -0.15) is 0 Å². The summed E-state index contributed by atoms with van der Waals surface area (Å²) in [7, 11) is 1.56. The van der Waals surface area contributed by atoms with E-state index in [1.54, 1.807) is 49.6 Å². The monoisotopic (exact) mass is 372 g/mol. The molecule has 138 valence electrons. The Morgan fingerprint density at radius 3 is 2.29 bits per heavy atom. The maximum absolute atomic E-state index is 12.3. The largest absolute Gasteiger partial charge is 0.497 e. The summed E-state index contributed by atoms with van der Waals surface area (Å²) in [5.41, 5.74) is 1.94. The molecule has 0 N–H and O–H groups in total. The van der Waals surface area contributed by atoms with Crippen LogP contribution >= 0.6 is 0 Å². The van der Waals surface area contributed by atoms with Crippen molar-refractivity contribution >= 4 is 16.9 Å². The van der Waals surface area contributed by atoms with Gasteiger partial charge in [-0.15, -0.1) is 0 Å². The molecule has 0 aliphatic rings. The fourth-order valence-electron chi connectivity index (χ4n) is 2.96. The predicted octanol–water partition coefficient (Wildman–Crippen LogP) is 4.69. The van der Waals surface area contributed by atoms with Gasteiger partial charge in [-0.1, -0.05) is 30.3 Å². The van der Waals surface area contributed by atoms with Crippen LogP contribution in [0.5, 0.6) is 11.5 Å². The Labute approximate surface area is 160 Å². The molecule has 0 unspecified atom stereocenters. The van der Waals surface area contributed by atoms with Crippen LogP contribution in [0.2, 0.25) is 0 Å². The highest BCUT2D eigenvalue weighted by molar-refractivity contribution is 5.95. The van der Waals surface area contributed by atoms with Crippen LogP contribution in [-0.4, -0.2) is 13.1 Å². The van der Waals surface area contributed by atoms with Crippen molar-refractivity contribution in [3.8, 4) is 22.6 Å². The van der Waals surface area contributed by atoms with E-state index in [4.69, 9.17) is 13.9 Å². The molecule has 0 aliphatic heterocycles. The molecule has 0 saturated heterocycles. The summed E-state index contributed by atoms with van der Waals surface area (Å²) in [6.07, 6.45) is 0. The topological polar surface area (TPSA) is 65.7 Å². The first-order valence-corrected chi connectivity index (χ1v) is 8.63. The number of hydrogen-bond donors (Lipinski definition) is 0. The van der Waals surface area contributed by atoms with Crippen LogP contribution in [0.3, 0.4) is 0 Å². The minimum Gasteiger partial charge on any atom is -0.497 e.